The second-order valence-corrected chi connectivity index (χ2v) is 9.01. The molecule has 182 valence electrons. The van der Waals surface area contributed by atoms with Crippen LogP contribution < -0.4 is 19.6 Å². The van der Waals surface area contributed by atoms with Gasteiger partial charge in [-0.15, -0.1) is 0 Å². The number of nitriles is 1. The number of rotatable bonds is 8. The molecule has 2 aromatic heterocycles. The van der Waals surface area contributed by atoms with Gasteiger partial charge in [0.15, 0.2) is 0 Å². The Morgan fingerprint density at radius 3 is 2.47 bits per heavy atom. The van der Waals surface area contributed by atoms with Crippen LogP contribution in [0.5, 0.6) is 5.75 Å². The molecule has 0 spiro atoms. The van der Waals surface area contributed by atoms with Crippen LogP contribution in [0.4, 0.5) is 5.88 Å². The quantitative estimate of drug-likeness (QED) is 0.157. The number of hydrogen-bond donors (Lipinski definition) is 0. The van der Waals surface area contributed by atoms with E-state index in [1.54, 1.807) is 26.2 Å². The van der Waals surface area contributed by atoms with Crippen molar-refractivity contribution in [2.45, 2.75) is 11.9 Å². The predicted octanol–water partition coefficient (Wildman–Crippen LogP) is 3.26. The van der Waals surface area contributed by atoms with Gasteiger partial charge in [0.25, 0.3) is 6.20 Å². The molecule has 0 saturated carbocycles. The van der Waals surface area contributed by atoms with Gasteiger partial charge in [-0.3, -0.25) is 4.52 Å². The number of nitrogens with zero attached hydrogens (tertiary/aromatic N) is 6. The van der Waals surface area contributed by atoms with Crippen molar-refractivity contribution in [2.24, 2.45) is 4.99 Å². The van der Waals surface area contributed by atoms with Crippen molar-refractivity contribution in [3.8, 4) is 34.2 Å². The SMILES string of the molecule is COc1ccc(-c2cc(-c3ccc(C)cc3)c(C#N)c(SC/C([O-])=N\c3c[n+](N(C)C)no3)n2)cc1. The first-order valence-corrected chi connectivity index (χ1v) is 12.0. The molecule has 0 aliphatic heterocycles. The Labute approximate surface area is 213 Å². The van der Waals surface area contributed by atoms with Crippen LogP contribution in [0.3, 0.4) is 0 Å². The molecule has 0 saturated heterocycles. The lowest BCUT2D eigenvalue weighted by Crippen LogP contribution is -2.53. The Balaban J connectivity index is 1.71. The maximum atomic E-state index is 12.6. The van der Waals surface area contributed by atoms with E-state index < -0.39 is 5.90 Å². The maximum absolute atomic E-state index is 12.6. The standard InChI is InChI=1S/C26H24N6O3S/c1-17-5-7-18(8-6-17)21-13-23(19-9-11-20(34-4)12-10-19)28-26(22(21)14-27)36-16-24(33)29-25-15-32(30-35-25)31(2)3/h5-13,15H,16H2,1-4H3. The number of aliphatic imine (C=N–C) groups is 1. The Morgan fingerprint density at radius 1 is 1.17 bits per heavy atom. The number of pyridine rings is 1. The molecule has 0 bridgehead atoms. The highest BCUT2D eigenvalue weighted by Crippen LogP contribution is 2.34. The third-order valence-corrected chi connectivity index (χ3v) is 6.23. The molecule has 36 heavy (non-hydrogen) atoms. The Morgan fingerprint density at radius 2 is 1.86 bits per heavy atom. The lowest BCUT2D eigenvalue weighted by Gasteiger charge is -2.14. The first-order valence-electron chi connectivity index (χ1n) is 11.0. The fourth-order valence-corrected chi connectivity index (χ4v) is 4.14. The molecule has 0 amide bonds. The first-order chi connectivity index (χ1) is 17.4. The van der Waals surface area contributed by atoms with E-state index in [0.717, 1.165) is 39.8 Å². The summed E-state index contributed by atoms with van der Waals surface area (Å²) in [5.74, 6) is 0.370. The minimum absolute atomic E-state index is 0.0241. The summed E-state index contributed by atoms with van der Waals surface area (Å²) in [6.07, 6.45) is 1.50. The van der Waals surface area contributed by atoms with E-state index in [9.17, 15) is 10.4 Å². The molecule has 0 unspecified atom stereocenters. The van der Waals surface area contributed by atoms with Crippen LogP contribution >= 0.6 is 11.8 Å². The van der Waals surface area contributed by atoms with E-state index in [-0.39, 0.29) is 11.6 Å². The lowest BCUT2D eigenvalue weighted by molar-refractivity contribution is -0.753. The third kappa shape index (κ3) is 5.64. The van der Waals surface area contributed by atoms with Gasteiger partial charge in [0.1, 0.15) is 16.8 Å². The van der Waals surface area contributed by atoms with Gasteiger partial charge < -0.3 is 9.84 Å². The van der Waals surface area contributed by atoms with E-state index in [1.165, 1.54) is 11.0 Å². The average Bonchev–Trinajstić information content (AvgIpc) is 3.36. The van der Waals surface area contributed by atoms with Crippen LogP contribution in [-0.2, 0) is 0 Å². The zero-order valence-electron chi connectivity index (χ0n) is 20.3. The van der Waals surface area contributed by atoms with E-state index in [2.05, 4.69) is 16.3 Å². The molecule has 0 fully saturated rings. The molecule has 4 aromatic rings. The van der Waals surface area contributed by atoms with Crippen molar-refractivity contribution in [2.75, 3.05) is 32.0 Å². The van der Waals surface area contributed by atoms with Gasteiger partial charge in [-0.2, -0.15) is 10.3 Å². The topological polar surface area (TPSA) is 114 Å². The zero-order valence-corrected chi connectivity index (χ0v) is 21.1. The highest BCUT2D eigenvalue weighted by atomic mass is 32.2. The molecule has 9 nitrogen and oxygen atoms in total. The average molecular weight is 501 g/mol. The van der Waals surface area contributed by atoms with E-state index >= 15 is 0 Å². The van der Waals surface area contributed by atoms with E-state index in [0.29, 0.717) is 16.3 Å². The van der Waals surface area contributed by atoms with Crippen molar-refractivity contribution in [3.63, 3.8) is 0 Å². The number of hydrogen-bond acceptors (Lipinski definition) is 9. The molecule has 2 aromatic carbocycles. The van der Waals surface area contributed by atoms with Crippen LogP contribution in [0.2, 0.25) is 0 Å². The fraction of sp³-hybridized carbons (Fsp3) is 0.192. The molecule has 2 heterocycles. The van der Waals surface area contributed by atoms with Crippen LogP contribution in [0.15, 0.2) is 75.3 Å². The lowest BCUT2D eigenvalue weighted by atomic mass is 9.98. The molecular formula is C26H24N6O3S. The highest BCUT2D eigenvalue weighted by molar-refractivity contribution is 8.00. The monoisotopic (exact) mass is 500 g/mol. The van der Waals surface area contributed by atoms with Gasteiger partial charge in [-0.1, -0.05) is 41.6 Å². The van der Waals surface area contributed by atoms with Gasteiger partial charge >= 0.3 is 5.88 Å². The number of benzene rings is 2. The van der Waals surface area contributed by atoms with Crippen LogP contribution in [0.25, 0.3) is 22.4 Å². The summed E-state index contributed by atoms with van der Waals surface area (Å²) in [6, 6.07) is 19.6. The summed E-state index contributed by atoms with van der Waals surface area (Å²) in [6.45, 7) is 2.01. The summed E-state index contributed by atoms with van der Waals surface area (Å²) in [5, 5.41) is 28.5. The van der Waals surface area contributed by atoms with Crippen LogP contribution in [0.1, 0.15) is 11.1 Å². The summed E-state index contributed by atoms with van der Waals surface area (Å²) in [7, 11) is 5.17. The molecular weight excluding hydrogens is 476 g/mol. The smallest absolute Gasteiger partial charge is 0.324 e. The van der Waals surface area contributed by atoms with Gasteiger partial charge in [0, 0.05) is 16.9 Å². The maximum Gasteiger partial charge on any atom is 0.324 e. The normalized spacial score (nSPS) is 11.2. The predicted molar refractivity (Wildman–Crippen MR) is 136 cm³/mol. The van der Waals surface area contributed by atoms with Gasteiger partial charge in [0.2, 0.25) is 5.27 Å². The van der Waals surface area contributed by atoms with Crippen molar-refractivity contribution in [1.29, 1.82) is 5.26 Å². The molecule has 10 heteroatoms. The summed E-state index contributed by atoms with van der Waals surface area (Å²) in [5.41, 5.74) is 4.70. The van der Waals surface area contributed by atoms with Gasteiger partial charge in [-0.25, -0.2) is 9.98 Å². The van der Waals surface area contributed by atoms with Crippen molar-refractivity contribution in [1.82, 2.24) is 10.3 Å². The molecule has 0 aliphatic carbocycles. The third-order valence-electron chi connectivity index (χ3n) is 5.27. The molecule has 0 N–H and O–H groups in total. The van der Waals surface area contributed by atoms with Crippen LogP contribution in [-0.4, -0.2) is 43.1 Å². The fourth-order valence-electron chi connectivity index (χ4n) is 3.36. The Hall–Kier alpha value is -4.36. The van der Waals surface area contributed by atoms with Crippen molar-refractivity contribution >= 4 is 23.5 Å². The molecule has 0 radical (unpaired) electrons. The number of aryl methyl sites for hydroxylation is 1. The second-order valence-electron chi connectivity index (χ2n) is 8.04. The first kappa shape index (κ1) is 24.8. The summed E-state index contributed by atoms with van der Waals surface area (Å²) in [4.78, 5) is 10.1. The number of aromatic nitrogens is 3. The van der Waals surface area contributed by atoms with E-state index in [1.807, 2.05) is 61.5 Å². The number of thioether (sulfide) groups is 1. The molecule has 0 atom stereocenters. The largest absolute Gasteiger partial charge is 0.861 e. The number of methoxy groups -OCH3 is 1. The van der Waals surface area contributed by atoms with Crippen molar-refractivity contribution in [3.05, 3.63) is 71.9 Å². The Bertz CT molecular complexity index is 1420. The Kier molecular flexibility index (Phi) is 7.51. The summed E-state index contributed by atoms with van der Waals surface area (Å²) >= 11 is 1.16. The molecule has 0 aliphatic rings. The number of ether oxygens (including phenoxy) is 1. The van der Waals surface area contributed by atoms with Gasteiger partial charge in [-0.05, 0) is 48.7 Å². The molecule has 4 rings (SSSR count). The van der Waals surface area contributed by atoms with Crippen LogP contribution in [0, 0.1) is 18.3 Å². The van der Waals surface area contributed by atoms with Gasteiger partial charge in [0.05, 0.1) is 37.3 Å². The summed E-state index contributed by atoms with van der Waals surface area (Å²) < 4.78 is 10.3. The highest BCUT2D eigenvalue weighted by Gasteiger charge is 2.17. The minimum atomic E-state index is -0.431. The van der Waals surface area contributed by atoms with E-state index in [4.69, 9.17) is 14.2 Å². The minimum Gasteiger partial charge on any atom is -0.861 e. The second kappa shape index (κ2) is 10.9. The van der Waals surface area contributed by atoms with Crippen molar-refractivity contribution < 1.29 is 19.2 Å². The zero-order chi connectivity index (χ0) is 25.7.